The van der Waals surface area contributed by atoms with Crippen LogP contribution in [0.4, 0.5) is 4.79 Å². The van der Waals surface area contributed by atoms with Crippen molar-refractivity contribution in [3.63, 3.8) is 0 Å². The number of carbonyl (C=O) groups excluding carboxylic acids is 1. The fraction of sp³-hybridized carbons (Fsp3) is 0.867. The van der Waals surface area contributed by atoms with E-state index in [0.717, 1.165) is 45.2 Å². The first-order valence-electron chi connectivity index (χ1n) is 7.86. The minimum absolute atomic E-state index is 0.0429. The van der Waals surface area contributed by atoms with Gasteiger partial charge < -0.3 is 14.9 Å². The van der Waals surface area contributed by atoms with Crippen molar-refractivity contribution in [1.29, 1.82) is 0 Å². The van der Waals surface area contributed by atoms with E-state index in [1.807, 2.05) is 4.90 Å². The summed E-state index contributed by atoms with van der Waals surface area (Å²) in [6, 6.07) is -0.631. The number of likely N-dealkylation sites (tertiary alicyclic amines) is 2. The van der Waals surface area contributed by atoms with Gasteiger partial charge in [-0.05, 0) is 43.4 Å². The Balaban J connectivity index is 1.72. The molecule has 1 saturated carbocycles. The lowest BCUT2D eigenvalue weighted by molar-refractivity contribution is -0.142. The van der Waals surface area contributed by atoms with Gasteiger partial charge >= 0.3 is 12.0 Å². The van der Waals surface area contributed by atoms with Crippen molar-refractivity contribution in [2.24, 2.45) is 17.8 Å². The van der Waals surface area contributed by atoms with Crippen molar-refractivity contribution in [2.45, 2.75) is 45.1 Å². The number of amides is 2. The van der Waals surface area contributed by atoms with E-state index in [9.17, 15) is 14.7 Å². The van der Waals surface area contributed by atoms with E-state index < -0.39 is 12.0 Å². The molecule has 5 heteroatoms. The molecular formula is C15H24N2O3. The van der Waals surface area contributed by atoms with Gasteiger partial charge in [0.15, 0.2) is 0 Å². The second-order valence-corrected chi connectivity index (χ2v) is 6.74. The van der Waals surface area contributed by atoms with E-state index in [2.05, 4.69) is 6.92 Å². The van der Waals surface area contributed by atoms with E-state index in [1.54, 1.807) is 4.90 Å². The lowest BCUT2D eigenvalue weighted by Gasteiger charge is -2.35. The molecule has 2 saturated heterocycles. The van der Waals surface area contributed by atoms with Crippen LogP contribution in [-0.4, -0.2) is 52.6 Å². The van der Waals surface area contributed by atoms with Gasteiger partial charge in [-0.1, -0.05) is 13.3 Å². The highest BCUT2D eigenvalue weighted by atomic mass is 16.4. The van der Waals surface area contributed by atoms with Crippen LogP contribution in [0.5, 0.6) is 0 Å². The Morgan fingerprint density at radius 2 is 1.80 bits per heavy atom. The Bertz CT molecular complexity index is 404. The number of carboxylic acid groups (broad SMARTS) is 1. The first kappa shape index (κ1) is 13.7. The smallest absolute Gasteiger partial charge is 0.326 e. The van der Waals surface area contributed by atoms with Crippen molar-refractivity contribution in [2.75, 3.05) is 19.6 Å². The number of piperidine rings is 1. The van der Waals surface area contributed by atoms with Crippen molar-refractivity contribution in [3.8, 4) is 0 Å². The molecule has 1 N–H and O–H groups in total. The lowest BCUT2D eigenvalue weighted by atomic mass is 9.94. The molecule has 112 valence electrons. The van der Waals surface area contributed by atoms with Gasteiger partial charge in [-0.15, -0.1) is 0 Å². The van der Waals surface area contributed by atoms with Crippen LogP contribution in [0, 0.1) is 17.8 Å². The Kier molecular flexibility index (Phi) is 3.61. The molecule has 2 heterocycles. The molecule has 3 unspecified atom stereocenters. The molecule has 20 heavy (non-hydrogen) atoms. The molecule has 0 spiro atoms. The standard InChI is InChI=1S/C15H24N2O3/c1-10-5-7-16(8-6-10)15(20)17-9-11-3-2-4-12(11)13(17)14(18)19/h10-13H,2-9H2,1H3,(H,18,19). The fourth-order valence-corrected chi connectivity index (χ4v) is 4.20. The number of urea groups is 1. The van der Waals surface area contributed by atoms with Crippen LogP contribution in [-0.2, 0) is 4.79 Å². The topological polar surface area (TPSA) is 60.9 Å². The third-order valence-corrected chi connectivity index (χ3v) is 5.44. The number of rotatable bonds is 1. The average molecular weight is 280 g/mol. The second-order valence-electron chi connectivity index (χ2n) is 6.74. The van der Waals surface area contributed by atoms with E-state index in [1.165, 1.54) is 0 Å². The van der Waals surface area contributed by atoms with E-state index in [0.29, 0.717) is 18.4 Å². The van der Waals surface area contributed by atoms with Gasteiger partial charge in [-0.3, -0.25) is 0 Å². The molecule has 3 atom stereocenters. The largest absolute Gasteiger partial charge is 0.480 e. The highest BCUT2D eigenvalue weighted by Crippen LogP contribution is 2.42. The zero-order valence-corrected chi connectivity index (χ0v) is 12.1. The molecule has 0 aromatic heterocycles. The summed E-state index contributed by atoms with van der Waals surface area (Å²) in [5.41, 5.74) is 0. The van der Waals surface area contributed by atoms with Crippen molar-refractivity contribution in [1.82, 2.24) is 9.80 Å². The lowest BCUT2D eigenvalue weighted by Crippen LogP contribution is -2.51. The van der Waals surface area contributed by atoms with Crippen molar-refractivity contribution >= 4 is 12.0 Å². The first-order chi connectivity index (χ1) is 9.58. The Labute approximate surface area is 119 Å². The molecule has 1 aliphatic carbocycles. The van der Waals surface area contributed by atoms with Crippen LogP contribution in [0.25, 0.3) is 0 Å². The predicted molar refractivity (Wildman–Crippen MR) is 74.3 cm³/mol. The molecule has 0 radical (unpaired) electrons. The summed E-state index contributed by atoms with van der Waals surface area (Å²) in [5.74, 6) is 0.439. The summed E-state index contributed by atoms with van der Waals surface area (Å²) >= 11 is 0. The quantitative estimate of drug-likeness (QED) is 0.799. The second kappa shape index (κ2) is 5.26. The molecule has 2 aliphatic heterocycles. The zero-order chi connectivity index (χ0) is 14.3. The van der Waals surface area contributed by atoms with E-state index >= 15 is 0 Å². The van der Waals surface area contributed by atoms with E-state index in [-0.39, 0.29) is 11.9 Å². The molecule has 0 aromatic carbocycles. The van der Waals surface area contributed by atoms with Gasteiger partial charge in [0, 0.05) is 19.6 Å². The maximum atomic E-state index is 12.6. The number of carbonyl (C=O) groups is 2. The Morgan fingerprint density at radius 1 is 1.10 bits per heavy atom. The number of nitrogens with zero attached hydrogens (tertiary/aromatic N) is 2. The van der Waals surface area contributed by atoms with Crippen LogP contribution in [0.2, 0.25) is 0 Å². The number of aliphatic carboxylic acids is 1. The molecule has 3 fully saturated rings. The van der Waals surface area contributed by atoms with Crippen molar-refractivity contribution in [3.05, 3.63) is 0 Å². The van der Waals surface area contributed by atoms with Gasteiger partial charge in [0.05, 0.1) is 0 Å². The summed E-state index contributed by atoms with van der Waals surface area (Å²) < 4.78 is 0. The molecular weight excluding hydrogens is 256 g/mol. The summed E-state index contributed by atoms with van der Waals surface area (Å²) in [6.07, 6.45) is 5.22. The number of hydrogen-bond acceptors (Lipinski definition) is 2. The highest BCUT2D eigenvalue weighted by molar-refractivity contribution is 5.84. The molecule has 0 bridgehead atoms. The Hall–Kier alpha value is -1.26. The number of fused-ring (bicyclic) bond motifs is 1. The van der Waals surface area contributed by atoms with Crippen molar-refractivity contribution < 1.29 is 14.7 Å². The first-order valence-corrected chi connectivity index (χ1v) is 7.86. The van der Waals surface area contributed by atoms with E-state index in [4.69, 9.17) is 0 Å². The minimum Gasteiger partial charge on any atom is -0.480 e. The van der Waals surface area contributed by atoms with Crippen LogP contribution < -0.4 is 0 Å². The fourth-order valence-electron chi connectivity index (χ4n) is 4.20. The van der Waals surface area contributed by atoms with Crippen LogP contribution in [0.15, 0.2) is 0 Å². The summed E-state index contributed by atoms with van der Waals surface area (Å²) in [5, 5.41) is 9.51. The zero-order valence-electron chi connectivity index (χ0n) is 12.1. The molecule has 0 aromatic rings. The minimum atomic E-state index is -0.821. The molecule has 3 aliphatic rings. The Morgan fingerprint density at radius 3 is 2.45 bits per heavy atom. The summed E-state index contributed by atoms with van der Waals surface area (Å²) in [7, 11) is 0. The number of hydrogen-bond donors (Lipinski definition) is 1. The van der Waals surface area contributed by atoms with Gasteiger partial charge in [0.2, 0.25) is 0 Å². The predicted octanol–water partition coefficient (Wildman–Crippen LogP) is 2.02. The third-order valence-electron chi connectivity index (χ3n) is 5.44. The van der Waals surface area contributed by atoms with Gasteiger partial charge in [0.25, 0.3) is 0 Å². The molecule has 3 rings (SSSR count). The average Bonchev–Trinajstić information content (AvgIpc) is 2.97. The molecule has 5 nitrogen and oxygen atoms in total. The van der Waals surface area contributed by atoms with Crippen LogP contribution in [0.1, 0.15) is 39.0 Å². The SMILES string of the molecule is CC1CCN(C(=O)N2CC3CCCC3C2C(=O)O)CC1. The third kappa shape index (κ3) is 2.27. The van der Waals surface area contributed by atoms with Gasteiger partial charge in [-0.2, -0.15) is 0 Å². The molecule has 2 amide bonds. The van der Waals surface area contributed by atoms with Gasteiger partial charge in [0.1, 0.15) is 6.04 Å². The van der Waals surface area contributed by atoms with Gasteiger partial charge in [-0.25, -0.2) is 9.59 Å². The monoisotopic (exact) mass is 280 g/mol. The maximum Gasteiger partial charge on any atom is 0.326 e. The number of carboxylic acids is 1. The normalized spacial score (nSPS) is 34.4. The highest BCUT2D eigenvalue weighted by Gasteiger charge is 2.50. The van der Waals surface area contributed by atoms with Crippen LogP contribution >= 0.6 is 0 Å². The summed E-state index contributed by atoms with van der Waals surface area (Å²) in [6.45, 7) is 4.41. The summed E-state index contributed by atoms with van der Waals surface area (Å²) in [4.78, 5) is 27.7. The maximum absolute atomic E-state index is 12.6. The van der Waals surface area contributed by atoms with Crippen LogP contribution in [0.3, 0.4) is 0 Å².